The molecule has 142 valence electrons. The number of allylic oxidation sites excluding steroid dienone is 1. The van der Waals surface area contributed by atoms with Crippen LogP contribution in [0.4, 0.5) is 13.2 Å². The van der Waals surface area contributed by atoms with Crippen LogP contribution in [-0.4, -0.2) is 23.6 Å². The molecule has 26 heavy (non-hydrogen) atoms. The number of alkyl halides is 2. The predicted octanol–water partition coefficient (Wildman–Crippen LogP) is 5.64. The molecule has 2 rings (SSSR count). The van der Waals surface area contributed by atoms with Crippen molar-refractivity contribution in [1.29, 1.82) is 0 Å². The molecule has 0 aliphatic carbocycles. The Hall–Kier alpha value is -1.69. The molecule has 0 fully saturated rings. The third kappa shape index (κ3) is 4.93. The zero-order chi connectivity index (χ0) is 19.3. The van der Waals surface area contributed by atoms with Crippen molar-refractivity contribution in [3.63, 3.8) is 0 Å². The lowest BCUT2D eigenvalue weighted by atomic mass is 9.89. The molecule has 0 bridgehead atoms. The molecule has 1 atom stereocenters. The summed E-state index contributed by atoms with van der Waals surface area (Å²) in [7, 11) is 0. The maximum absolute atomic E-state index is 15.0. The van der Waals surface area contributed by atoms with Gasteiger partial charge in [0.1, 0.15) is 5.82 Å². The third-order valence-corrected chi connectivity index (χ3v) is 5.15. The van der Waals surface area contributed by atoms with Gasteiger partial charge in [0.25, 0.3) is 0 Å². The van der Waals surface area contributed by atoms with Gasteiger partial charge < -0.3 is 0 Å². The van der Waals surface area contributed by atoms with Crippen LogP contribution in [0.2, 0.25) is 0 Å². The smallest absolute Gasteiger partial charge is 0.249 e. The normalized spacial score (nSPS) is 17.7. The summed E-state index contributed by atoms with van der Waals surface area (Å²) >= 11 is 1.40. The quantitative estimate of drug-likeness (QED) is 0.629. The molecule has 0 saturated heterocycles. The monoisotopic (exact) mass is 382 g/mol. The highest BCUT2D eigenvalue weighted by atomic mass is 32.2. The summed E-state index contributed by atoms with van der Waals surface area (Å²) in [5, 5.41) is 4.22. The van der Waals surface area contributed by atoms with Crippen LogP contribution in [0.15, 0.2) is 36.1 Å². The summed E-state index contributed by atoms with van der Waals surface area (Å²) in [4.78, 5) is 0. The minimum absolute atomic E-state index is 0.0256. The average Bonchev–Trinajstić information content (AvgIpc) is 2.59. The summed E-state index contributed by atoms with van der Waals surface area (Å²) < 4.78 is 42.9. The van der Waals surface area contributed by atoms with Crippen LogP contribution >= 0.6 is 11.8 Å². The Morgan fingerprint density at radius 1 is 1.38 bits per heavy atom. The molecule has 1 aromatic rings. The topological polar surface area (TPSA) is 24.4 Å². The van der Waals surface area contributed by atoms with Gasteiger partial charge in [-0.2, -0.15) is 16.9 Å². The summed E-state index contributed by atoms with van der Waals surface area (Å²) in [6.45, 7) is 9.45. The van der Waals surface area contributed by atoms with Crippen molar-refractivity contribution < 1.29 is 13.2 Å². The molecular weight excluding hydrogens is 357 g/mol. The van der Waals surface area contributed by atoms with Gasteiger partial charge in [0.2, 0.25) is 5.92 Å². The second kappa shape index (κ2) is 8.80. The molecule has 1 N–H and O–H groups in total. The number of nitrogens with zero attached hydrogens (tertiary/aromatic N) is 1. The van der Waals surface area contributed by atoms with E-state index in [1.807, 2.05) is 6.92 Å². The number of nitrogens with one attached hydrogen (secondary N) is 1. The van der Waals surface area contributed by atoms with Crippen molar-refractivity contribution >= 4 is 23.5 Å². The molecule has 1 unspecified atom stereocenters. The third-order valence-electron chi connectivity index (χ3n) is 4.54. The van der Waals surface area contributed by atoms with Crippen LogP contribution in [0.25, 0.3) is 6.08 Å². The number of benzene rings is 1. The number of halogens is 3. The van der Waals surface area contributed by atoms with Gasteiger partial charge in [-0.1, -0.05) is 32.2 Å². The molecule has 6 heteroatoms. The molecule has 0 radical (unpaired) electrons. The van der Waals surface area contributed by atoms with Crippen molar-refractivity contribution in [2.24, 2.45) is 11.0 Å². The largest absolute Gasteiger partial charge is 0.283 e. The molecule has 1 aliphatic heterocycles. The van der Waals surface area contributed by atoms with Crippen molar-refractivity contribution in [2.45, 2.75) is 38.5 Å². The van der Waals surface area contributed by atoms with Crippen LogP contribution in [0.5, 0.6) is 0 Å². The van der Waals surface area contributed by atoms with Crippen LogP contribution in [-0.2, 0) is 6.42 Å². The van der Waals surface area contributed by atoms with Gasteiger partial charge in [-0.3, -0.25) is 5.43 Å². The Morgan fingerprint density at radius 2 is 2.12 bits per heavy atom. The van der Waals surface area contributed by atoms with Gasteiger partial charge in [0.05, 0.1) is 5.71 Å². The molecule has 1 aromatic carbocycles. The lowest BCUT2D eigenvalue weighted by molar-refractivity contribution is -0.00979. The van der Waals surface area contributed by atoms with E-state index in [0.29, 0.717) is 29.0 Å². The Labute approximate surface area is 157 Å². The highest BCUT2D eigenvalue weighted by Gasteiger charge is 2.29. The molecule has 0 amide bonds. The second-order valence-corrected chi connectivity index (χ2v) is 7.61. The number of aryl methyl sites for hydroxylation is 1. The Morgan fingerprint density at radius 3 is 2.73 bits per heavy atom. The standard InChI is InChI=1S/C20H25F3N2S/c1-5-16-15(8-9-20(22,23)10-11-26-4)6-7-17(18(16)21)19-13(2)12-14(3)24-25-19/h5-7,13,24H,1,3,8-12H2,2,4H3. The average molecular weight is 382 g/mol. The molecule has 1 aliphatic rings. The molecule has 0 aromatic heterocycles. The number of rotatable bonds is 8. The highest BCUT2D eigenvalue weighted by Crippen LogP contribution is 2.30. The van der Waals surface area contributed by atoms with E-state index in [2.05, 4.69) is 23.7 Å². The van der Waals surface area contributed by atoms with E-state index >= 15 is 4.39 Å². The minimum atomic E-state index is -2.75. The fourth-order valence-corrected chi connectivity index (χ4v) is 3.55. The Bertz CT molecular complexity index is 713. The number of hydrazone groups is 1. The first-order chi connectivity index (χ1) is 12.3. The minimum Gasteiger partial charge on any atom is -0.283 e. The maximum atomic E-state index is 15.0. The van der Waals surface area contributed by atoms with E-state index in [4.69, 9.17) is 0 Å². The van der Waals surface area contributed by atoms with Gasteiger partial charge in [0, 0.05) is 35.6 Å². The van der Waals surface area contributed by atoms with Crippen LogP contribution < -0.4 is 5.43 Å². The van der Waals surface area contributed by atoms with Gasteiger partial charge in [-0.15, -0.1) is 0 Å². The zero-order valence-corrected chi connectivity index (χ0v) is 16.1. The summed E-state index contributed by atoms with van der Waals surface area (Å²) in [6, 6.07) is 3.33. The second-order valence-electron chi connectivity index (χ2n) is 6.62. The first-order valence-corrected chi connectivity index (χ1v) is 10.0. The fourth-order valence-electron chi connectivity index (χ4n) is 3.05. The van der Waals surface area contributed by atoms with Gasteiger partial charge in [0.15, 0.2) is 0 Å². The molecule has 1 heterocycles. The van der Waals surface area contributed by atoms with E-state index in [0.717, 1.165) is 5.70 Å². The van der Waals surface area contributed by atoms with Crippen LogP contribution in [0, 0.1) is 11.7 Å². The molecule has 2 nitrogen and oxygen atoms in total. The molecule has 0 saturated carbocycles. The summed E-state index contributed by atoms with van der Waals surface area (Å²) in [5.74, 6) is -2.77. The van der Waals surface area contributed by atoms with E-state index < -0.39 is 11.7 Å². The molecular formula is C20H25F3N2S. The lowest BCUT2D eigenvalue weighted by Gasteiger charge is -2.23. The van der Waals surface area contributed by atoms with Crippen molar-refractivity contribution in [3.8, 4) is 0 Å². The SMILES string of the molecule is C=Cc1c(CCC(F)(F)CCSC)ccc(C2=NNC(=C)CC2C)c1F. The first kappa shape index (κ1) is 20.6. The van der Waals surface area contributed by atoms with Crippen molar-refractivity contribution in [3.05, 3.63) is 53.5 Å². The Kier molecular flexibility index (Phi) is 6.98. The first-order valence-electron chi connectivity index (χ1n) is 8.61. The van der Waals surface area contributed by atoms with Crippen molar-refractivity contribution in [1.82, 2.24) is 5.43 Å². The van der Waals surface area contributed by atoms with Crippen molar-refractivity contribution in [2.75, 3.05) is 12.0 Å². The summed E-state index contributed by atoms with van der Waals surface area (Å²) in [6.07, 6.45) is 3.52. The van der Waals surface area contributed by atoms with E-state index in [1.165, 1.54) is 17.8 Å². The number of thioether (sulfide) groups is 1. The summed E-state index contributed by atoms with van der Waals surface area (Å²) in [5.41, 5.74) is 5.41. The Balaban J connectivity index is 2.25. The predicted molar refractivity (Wildman–Crippen MR) is 105 cm³/mol. The van der Waals surface area contributed by atoms with E-state index in [9.17, 15) is 8.78 Å². The van der Waals surface area contributed by atoms with Gasteiger partial charge in [-0.25, -0.2) is 13.2 Å². The maximum Gasteiger partial charge on any atom is 0.249 e. The van der Waals surface area contributed by atoms with E-state index in [1.54, 1.807) is 18.4 Å². The molecule has 0 spiro atoms. The fraction of sp³-hybridized carbons (Fsp3) is 0.450. The van der Waals surface area contributed by atoms with Gasteiger partial charge >= 0.3 is 0 Å². The van der Waals surface area contributed by atoms with Gasteiger partial charge in [-0.05, 0) is 36.5 Å². The number of hydrogen-bond acceptors (Lipinski definition) is 3. The lowest BCUT2D eigenvalue weighted by Crippen LogP contribution is -2.26. The van der Waals surface area contributed by atoms with Crippen LogP contribution in [0.1, 0.15) is 42.9 Å². The number of hydrogen-bond donors (Lipinski definition) is 1. The van der Waals surface area contributed by atoms with E-state index in [-0.39, 0.29) is 30.7 Å². The zero-order valence-electron chi connectivity index (χ0n) is 15.2. The van der Waals surface area contributed by atoms with Crippen LogP contribution in [0.3, 0.4) is 0 Å². The highest BCUT2D eigenvalue weighted by molar-refractivity contribution is 7.98.